The number of rotatable bonds is 3. The van der Waals surface area contributed by atoms with E-state index in [0.717, 1.165) is 30.6 Å². The molecule has 6 nitrogen and oxygen atoms in total. The fourth-order valence-corrected chi connectivity index (χ4v) is 4.09. The molecule has 0 aliphatic carbocycles. The average Bonchev–Trinajstić information content (AvgIpc) is 2.72. The summed E-state index contributed by atoms with van der Waals surface area (Å²) < 4.78 is 5.22. The van der Waals surface area contributed by atoms with Gasteiger partial charge in [-0.25, -0.2) is 0 Å². The van der Waals surface area contributed by atoms with Gasteiger partial charge >= 0.3 is 0 Å². The third-order valence-electron chi connectivity index (χ3n) is 5.84. The van der Waals surface area contributed by atoms with Crippen molar-refractivity contribution in [2.45, 2.75) is 18.4 Å². The summed E-state index contributed by atoms with van der Waals surface area (Å²) in [6.07, 6.45) is 4.86. The molecule has 2 aromatic rings. The molecule has 4 rings (SSSR count). The molecule has 1 aromatic heterocycles. The van der Waals surface area contributed by atoms with Crippen LogP contribution in [0.4, 0.5) is 0 Å². The van der Waals surface area contributed by atoms with Gasteiger partial charge in [0.05, 0.1) is 18.9 Å². The lowest BCUT2D eigenvalue weighted by atomic mass is 9.76. The van der Waals surface area contributed by atoms with Crippen molar-refractivity contribution in [2.24, 2.45) is 5.92 Å². The highest BCUT2D eigenvalue weighted by Gasteiger charge is 2.43. The number of hydrogen-bond donors (Lipinski definition) is 2. The van der Waals surface area contributed by atoms with Gasteiger partial charge in [0.25, 0.3) is 5.91 Å². The van der Waals surface area contributed by atoms with Gasteiger partial charge in [0.15, 0.2) is 0 Å². The van der Waals surface area contributed by atoms with Crippen LogP contribution in [0, 0.1) is 5.92 Å². The van der Waals surface area contributed by atoms with E-state index >= 15 is 0 Å². The van der Waals surface area contributed by atoms with Gasteiger partial charge in [0.1, 0.15) is 5.75 Å². The van der Waals surface area contributed by atoms with Crippen molar-refractivity contribution < 1.29 is 14.6 Å². The minimum atomic E-state index is -0.620. The highest BCUT2D eigenvalue weighted by Crippen LogP contribution is 2.33. The zero-order valence-corrected chi connectivity index (χ0v) is 15.5. The molecule has 0 radical (unpaired) electrons. The lowest BCUT2D eigenvalue weighted by Crippen LogP contribution is -2.59. The second-order valence-corrected chi connectivity index (χ2v) is 7.45. The first-order valence-electron chi connectivity index (χ1n) is 9.41. The number of likely N-dealkylation sites (tertiary alicyclic amines) is 1. The molecule has 1 amide bonds. The Bertz CT molecular complexity index is 824. The Hall–Kier alpha value is -2.44. The molecule has 0 bridgehead atoms. The summed E-state index contributed by atoms with van der Waals surface area (Å²) in [6.45, 7) is 2.82. The maximum absolute atomic E-state index is 12.9. The van der Waals surface area contributed by atoms with Crippen molar-refractivity contribution in [3.05, 3.63) is 48.3 Å². The van der Waals surface area contributed by atoms with Gasteiger partial charge in [0.2, 0.25) is 0 Å². The number of aromatic nitrogens is 1. The fraction of sp³-hybridized carbons (Fsp3) is 0.429. The predicted molar refractivity (Wildman–Crippen MR) is 103 cm³/mol. The highest BCUT2D eigenvalue weighted by molar-refractivity contribution is 5.94. The van der Waals surface area contributed by atoms with Crippen molar-refractivity contribution in [3.8, 4) is 16.9 Å². The summed E-state index contributed by atoms with van der Waals surface area (Å²) in [7, 11) is 1.62. The molecule has 2 atom stereocenters. The lowest BCUT2D eigenvalue weighted by molar-refractivity contribution is -0.0817. The zero-order valence-electron chi connectivity index (χ0n) is 15.5. The van der Waals surface area contributed by atoms with Gasteiger partial charge in [-0.2, -0.15) is 0 Å². The maximum Gasteiger partial charge on any atom is 0.253 e. The van der Waals surface area contributed by atoms with Crippen LogP contribution in [0.1, 0.15) is 23.2 Å². The van der Waals surface area contributed by atoms with E-state index in [4.69, 9.17) is 4.74 Å². The topological polar surface area (TPSA) is 74.7 Å². The third kappa shape index (κ3) is 3.55. The van der Waals surface area contributed by atoms with Crippen molar-refractivity contribution in [3.63, 3.8) is 0 Å². The SMILES string of the molecule is COc1cncc(-c2ccc(C(=O)N3CCC4(O)CCNCC4C3)cc2)c1. The van der Waals surface area contributed by atoms with Gasteiger partial charge in [-0.1, -0.05) is 12.1 Å². The van der Waals surface area contributed by atoms with Crippen molar-refractivity contribution in [2.75, 3.05) is 33.3 Å². The van der Waals surface area contributed by atoms with Crippen LogP contribution in [0.5, 0.6) is 5.75 Å². The predicted octanol–water partition coefficient (Wildman–Crippen LogP) is 1.94. The molecule has 142 valence electrons. The number of nitrogens with one attached hydrogen (secondary N) is 1. The van der Waals surface area contributed by atoms with E-state index in [1.165, 1.54) is 0 Å². The maximum atomic E-state index is 12.9. The number of hydrogen-bond acceptors (Lipinski definition) is 5. The Morgan fingerprint density at radius 3 is 2.85 bits per heavy atom. The molecule has 2 unspecified atom stereocenters. The van der Waals surface area contributed by atoms with E-state index in [9.17, 15) is 9.90 Å². The summed E-state index contributed by atoms with van der Waals surface area (Å²) in [5, 5.41) is 14.1. The van der Waals surface area contributed by atoms with Gasteiger partial charge in [-0.15, -0.1) is 0 Å². The monoisotopic (exact) mass is 367 g/mol. The Morgan fingerprint density at radius 2 is 2.07 bits per heavy atom. The van der Waals surface area contributed by atoms with Gasteiger partial charge in [-0.3, -0.25) is 9.78 Å². The number of nitrogens with zero attached hydrogens (tertiary/aromatic N) is 2. The quantitative estimate of drug-likeness (QED) is 0.867. The van der Waals surface area contributed by atoms with Crippen LogP contribution in [0.15, 0.2) is 42.7 Å². The Balaban J connectivity index is 1.48. The number of amides is 1. The third-order valence-corrected chi connectivity index (χ3v) is 5.84. The standard InChI is InChI=1S/C21H25N3O3/c1-27-19-10-17(11-23-13-19)15-2-4-16(5-3-15)20(25)24-9-7-21(26)6-8-22-12-18(21)14-24/h2-5,10-11,13,18,22,26H,6-9,12,14H2,1H3. The molecule has 27 heavy (non-hydrogen) atoms. The number of fused-ring (bicyclic) bond motifs is 1. The lowest BCUT2D eigenvalue weighted by Gasteiger charge is -2.47. The number of carbonyl (C=O) groups excluding carboxylic acids is 1. The molecule has 6 heteroatoms. The average molecular weight is 367 g/mol. The van der Waals surface area contributed by atoms with E-state index in [1.807, 2.05) is 35.2 Å². The van der Waals surface area contributed by atoms with E-state index < -0.39 is 5.60 Å². The van der Waals surface area contributed by atoms with Crippen LogP contribution in [0.2, 0.25) is 0 Å². The van der Waals surface area contributed by atoms with Crippen molar-refractivity contribution in [1.82, 2.24) is 15.2 Å². The molecule has 2 aliphatic heterocycles. The molecule has 2 fully saturated rings. The molecule has 3 heterocycles. The first-order chi connectivity index (χ1) is 13.1. The first-order valence-corrected chi connectivity index (χ1v) is 9.41. The molecule has 1 aromatic carbocycles. The van der Waals surface area contributed by atoms with Crippen molar-refractivity contribution >= 4 is 5.91 Å². The molecule has 2 saturated heterocycles. The zero-order chi connectivity index (χ0) is 18.9. The van der Waals surface area contributed by atoms with E-state index in [2.05, 4.69) is 10.3 Å². The van der Waals surface area contributed by atoms with Gasteiger partial charge in [-0.05, 0) is 43.1 Å². The summed E-state index contributed by atoms with van der Waals surface area (Å²) in [5.41, 5.74) is 1.99. The molecule has 0 spiro atoms. The normalized spacial score (nSPS) is 25.0. The van der Waals surface area contributed by atoms with E-state index in [0.29, 0.717) is 30.8 Å². The highest BCUT2D eigenvalue weighted by atomic mass is 16.5. The molecule has 2 aliphatic rings. The number of methoxy groups -OCH3 is 1. The number of pyridine rings is 1. The van der Waals surface area contributed by atoms with Crippen LogP contribution < -0.4 is 10.1 Å². The summed E-state index contributed by atoms with van der Waals surface area (Å²) in [6, 6.07) is 9.51. The summed E-state index contributed by atoms with van der Waals surface area (Å²) in [4.78, 5) is 19.0. The fourth-order valence-electron chi connectivity index (χ4n) is 4.09. The minimum Gasteiger partial charge on any atom is -0.495 e. The number of aliphatic hydroxyl groups is 1. The van der Waals surface area contributed by atoms with Gasteiger partial charge < -0.3 is 20.1 Å². The Labute approximate surface area is 159 Å². The van der Waals surface area contributed by atoms with E-state index in [-0.39, 0.29) is 11.8 Å². The Morgan fingerprint density at radius 1 is 1.26 bits per heavy atom. The molecular weight excluding hydrogens is 342 g/mol. The Kier molecular flexibility index (Phi) is 4.85. The number of carbonyl (C=O) groups is 1. The van der Waals surface area contributed by atoms with Crippen LogP contribution in [-0.2, 0) is 0 Å². The van der Waals surface area contributed by atoms with E-state index in [1.54, 1.807) is 19.5 Å². The number of piperidine rings is 2. The van der Waals surface area contributed by atoms with Crippen molar-refractivity contribution in [1.29, 1.82) is 0 Å². The molecular formula is C21H25N3O3. The largest absolute Gasteiger partial charge is 0.495 e. The van der Waals surface area contributed by atoms with Crippen LogP contribution in [0.25, 0.3) is 11.1 Å². The first kappa shape index (κ1) is 17.9. The molecule has 2 N–H and O–H groups in total. The second kappa shape index (κ2) is 7.29. The molecule has 0 saturated carbocycles. The summed E-state index contributed by atoms with van der Waals surface area (Å²) >= 11 is 0. The number of benzene rings is 1. The van der Waals surface area contributed by atoms with Gasteiger partial charge in [0, 0.05) is 42.9 Å². The van der Waals surface area contributed by atoms with Crippen LogP contribution >= 0.6 is 0 Å². The second-order valence-electron chi connectivity index (χ2n) is 7.45. The minimum absolute atomic E-state index is 0.0259. The van der Waals surface area contributed by atoms with Crippen LogP contribution in [0.3, 0.4) is 0 Å². The number of ether oxygens (including phenoxy) is 1. The summed E-state index contributed by atoms with van der Waals surface area (Å²) in [5.74, 6) is 0.832. The smallest absolute Gasteiger partial charge is 0.253 e. The van der Waals surface area contributed by atoms with Crippen LogP contribution in [-0.4, -0.2) is 59.8 Å².